The molecule has 4 heteroatoms. The quantitative estimate of drug-likeness (QED) is 0.232. The van der Waals surface area contributed by atoms with Crippen molar-refractivity contribution in [3.05, 3.63) is 123 Å². The van der Waals surface area contributed by atoms with Crippen LogP contribution in [0, 0.1) is 18.8 Å². The number of halogens is 3. The van der Waals surface area contributed by atoms with Gasteiger partial charge in [0.25, 0.3) is 0 Å². The van der Waals surface area contributed by atoms with Gasteiger partial charge < -0.3 is 24.8 Å². The maximum absolute atomic E-state index is 12.2. The number of fused-ring (bicyclic) bond motifs is 3. The van der Waals surface area contributed by atoms with Crippen molar-refractivity contribution in [2.24, 2.45) is 0 Å². The van der Waals surface area contributed by atoms with Gasteiger partial charge >= 0.3 is 68.0 Å². The molecule has 0 aliphatic heterocycles. The van der Waals surface area contributed by atoms with Crippen LogP contribution in [0.5, 0.6) is 0 Å². The molecule has 236 valence electrons. The maximum atomic E-state index is 12.2. The molecule has 0 amide bonds. The minimum atomic E-state index is -0.170. The fourth-order valence-electron chi connectivity index (χ4n) is 5.29. The van der Waals surface area contributed by atoms with Crippen molar-refractivity contribution in [3.8, 4) is 11.1 Å². The predicted octanol–water partition coefficient (Wildman–Crippen LogP) is 4.76. The van der Waals surface area contributed by atoms with Crippen LogP contribution in [0.4, 0.5) is 4.39 Å². The van der Waals surface area contributed by atoms with Gasteiger partial charge in [-0.3, -0.25) is 0 Å². The van der Waals surface area contributed by atoms with Crippen molar-refractivity contribution in [1.29, 1.82) is 0 Å². The Kier molecular flexibility index (Phi) is 14.8. The molecule has 1 aliphatic carbocycles. The monoisotopic (exact) mass is 708 g/mol. The summed E-state index contributed by atoms with van der Waals surface area (Å²) in [6.07, 6.45) is 2.18. The van der Waals surface area contributed by atoms with Crippen molar-refractivity contribution in [1.82, 2.24) is 0 Å². The van der Waals surface area contributed by atoms with Gasteiger partial charge in [-0.05, 0) is 28.4 Å². The Morgan fingerprint density at radius 3 is 1.86 bits per heavy atom. The summed E-state index contributed by atoms with van der Waals surface area (Å²) >= 11 is 1.34. The van der Waals surface area contributed by atoms with Gasteiger partial charge in [0.2, 0.25) is 0 Å². The van der Waals surface area contributed by atoms with E-state index >= 15 is 0 Å². The standard InChI is InChI=1S/C21H25.C12H19.C7H5F.2ClH.Zr/c1-20(2,3)16-7-9-18-14(12-16)11-15-13-17(21(4,5)6)8-10-19(15)18;1-6-10-7-9(2)8-11(10)12(3,4)5;1-6-2-4-7(8)5-3-6;;;/h7-10,12H,11H2,1-6H3;7-8H,6H2,1-5H3;1-5H;2*1H;/q2*-1;;;;+2/p-2. The second kappa shape index (κ2) is 16.2. The zero-order valence-corrected chi connectivity index (χ0v) is 32.4. The van der Waals surface area contributed by atoms with Crippen LogP contribution < -0.4 is 24.8 Å². The topological polar surface area (TPSA) is 0 Å². The molecule has 0 radical (unpaired) electrons. The van der Waals surface area contributed by atoms with Gasteiger partial charge in [0.1, 0.15) is 0 Å². The Morgan fingerprint density at radius 1 is 0.795 bits per heavy atom. The summed E-state index contributed by atoms with van der Waals surface area (Å²) in [6, 6.07) is 26.3. The second-order valence-corrected chi connectivity index (χ2v) is 15.3. The van der Waals surface area contributed by atoms with E-state index in [4.69, 9.17) is 0 Å². The fourth-order valence-corrected chi connectivity index (χ4v) is 5.77. The third kappa shape index (κ3) is 10.7. The van der Waals surface area contributed by atoms with Crippen molar-refractivity contribution in [2.45, 2.75) is 105 Å². The summed E-state index contributed by atoms with van der Waals surface area (Å²) < 4.78 is 14.2. The third-order valence-electron chi connectivity index (χ3n) is 7.81. The van der Waals surface area contributed by atoms with Crippen molar-refractivity contribution in [2.75, 3.05) is 0 Å². The van der Waals surface area contributed by atoms with Crippen molar-refractivity contribution in [3.63, 3.8) is 0 Å². The minimum Gasteiger partial charge on any atom is -1.00 e. The number of rotatable bonds is 2. The van der Waals surface area contributed by atoms with E-state index in [1.807, 2.05) is 3.71 Å². The largest absolute Gasteiger partial charge is 1.00 e. The molecule has 4 aromatic rings. The molecule has 0 bridgehead atoms. The molecular weight excluding hydrogens is 662 g/mol. The molecule has 0 spiro atoms. The van der Waals surface area contributed by atoms with E-state index < -0.39 is 0 Å². The molecular formula is C40H49Cl2FZr-2. The normalized spacial score (nSPS) is 11.9. The molecule has 0 atom stereocenters. The van der Waals surface area contributed by atoms with Crippen molar-refractivity contribution >= 4 is 3.71 Å². The molecule has 0 N–H and O–H groups in total. The first-order valence-electron chi connectivity index (χ1n) is 15.2. The average molecular weight is 711 g/mol. The molecule has 0 heterocycles. The first-order chi connectivity index (χ1) is 19.4. The van der Waals surface area contributed by atoms with Crippen LogP contribution in [-0.2, 0) is 53.3 Å². The van der Waals surface area contributed by atoms with Gasteiger partial charge in [-0.15, -0.1) is 11.1 Å². The van der Waals surface area contributed by atoms with E-state index in [2.05, 4.69) is 125 Å². The molecule has 1 aliphatic rings. The summed E-state index contributed by atoms with van der Waals surface area (Å²) in [5, 5.41) is 0. The molecule has 4 aromatic carbocycles. The Bertz CT molecular complexity index is 1450. The molecule has 0 saturated carbocycles. The van der Waals surface area contributed by atoms with Gasteiger partial charge in [0, 0.05) is 0 Å². The molecule has 0 nitrogen and oxygen atoms in total. The van der Waals surface area contributed by atoms with E-state index in [-0.39, 0.29) is 41.5 Å². The number of benzene rings is 3. The zero-order chi connectivity index (χ0) is 31.5. The van der Waals surface area contributed by atoms with Crippen LogP contribution in [-0.4, -0.2) is 3.71 Å². The average Bonchev–Trinajstić information content (AvgIpc) is 3.48. The van der Waals surface area contributed by atoms with Crippen molar-refractivity contribution < 1.29 is 53.4 Å². The van der Waals surface area contributed by atoms with Crippen LogP contribution in [0.1, 0.15) is 114 Å². The van der Waals surface area contributed by atoms with E-state index in [0.29, 0.717) is 5.41 Å². The van der Waals surface area contributed by atoms with Gasteiger partial charge in [0.15, 0.2) is 0 Å². The molecule has 44 heavy (non-hydrogen) atoms. The Hall–Kier alpha value is -1.73. The van der Waals surface area contributed by atoms with E-state index in [1.54, 1.807) is 12.1 Å². The summed E-state index contributed by atoms with van der Waals surface area (Å²) in [6.45, 7) is 24.8. The smallest absolute Gasteiger partial charge is 1.00 e. The molecule has 0 saturated heterocycles. The summed E-state index contributed by atoms with van der Waals surface area (Å²) in [5.41, 5.74) is 14.5. The summed E-state index contributed by atoms with van der Waals surface area (Å²) in [7, 11) is 0. The Morgan fingerprint density at radius 2 is 1.39 bits per heavy atom. The molecule has 0 fully saturated rings. The van der Waals surface area contributed by atoms with E-state index in [1.165, 1.54) is 86.4 Å². The molecule has 5 rings (SSSR count). The summed E-state index contributed by atoms with van der Waals surface area (Å²) in [5.74, 6) is -0.170. The summed E-state index contributed by atoms with van der Waals surface area (Å²) in [4.78, 5) is 0. The van der Waals surface area contributed by atoms with Crippen LogP contribution in [0.3, 0.4) is 0 Å². The van der Waals surface area contributed by atoms with Crippen LogP contribution in [0.25, 0.3) is 11.1 Å². The SMILES string of the molecule is CC(C)(C)c1[c-]c2c(cc1)-c1ccc(C(C)(C)C)cc1C2.CCc1[cH-]c(C)cc1C(C)(C)C.Fc1ccc([CH]=[Zr+2])cc1.[Cl-].[Cl-]. The van der Waals surface area contributed by atoms with Crippen LogP contribution in [0.2, 0.25) is 0 Å². The maximum Gasteiger partial charge on any atom is -1.00 e. The van der Waals surface area contributed by atoms with Crippen LogP contribution in [0.15, 0.2) is 66.7 Å². The number of aryl methyl sites for hydroxylation is 2. The molecule has 0 aromatic heterocycles. The van der Waals surface area contributed by atoms with Gasteiger partial charge in [-0.1, -0.05) is 112 Å². The Balaban J connectivity index is 0.000000359. The first-order valence-corrected chi connectivity index (χ1v) is 16.6. The number of hydrogen-bond acceptors (Lipinski definition) is 0. The molecule has 0 unspecified atom stereocenters. The fraction of sp³-hybridized carbons (Fsp3) is 0.400. The zero-order valence-electron chi connectivity index (χ0n) is 28.5. The van der Waals surface area contributed by atoms with E-state index in [0.717, 1.165) is 18.4 Å². The first kappa shape index (κ1) is 40.3. The van der Waals surface area contributed by atoms with Gasteiger partial charge in [-0.2, -0.15) is 46.5 Å². The second-order valence-electron chi connectivity index (χ2n) is 14.6. The van der Waals surface area contributed by atoms with Gasteiger partial charge in [-0.25, -0.2) is 6.07 Å². The Labute approximate surface area is 294 Å². The third-order valence-corrected chi connectivity index (χ3v) is 8.63. The predicted molar refractivity (Wildman–Crippen MR) is 177 cm³/mol. The van der Waals surface area contributed by atoms with Gasteiger partial charge in [0.05, 0.1) is 0 Å². The van der Waals surface area contributed by atoms with E-state index in [9.17, 15) is 4.39 Å². The number of hydrogen-bond donors (Lipinski definition) is 0. The minimum absolute atomic E-state index is 0. The van der Waals surface area contributed by atoms with Crippen LogP contribution >= 0.6 is 0 Å².